The van der Waals surface area contributed by atoms with Gasteiger partial charge in [-0.25, -0.2) is 13.2 Å². The summed E-state index contributed by atoms with van der Waals surface area (Å²) in [7, 11) is -3.89. The molecular formula is C38H46N6O8S. The molecule has 5 amide bonds. The fourth-order valence-corrected chi connectivity index (χ4v) is 8.70. The van der Waals surface area contributed by atoms with Crippen molar-refractivity contribution >= 4 is 39.5 Å². The van der Waals surface area contributed by atoms with E-state index in [2.05, 4.69) is 32.4 Å². The summed E-state index contributed by atoms with van der Waals surface area (Å²) < 4.78 is 33.6. The molecule has 3 fully saturated rings. The lowest BCUT2D eigenvalue weighted by molar-refractivity contribution is -0.142. The minimum atomic E-state index is -3.89. The maximum Gasteiger partial charge on any atom is 0.315 e. The summed E-state index contributed by atoms with van der Waals surface area (Å²) in [6, 6.07) is 11.0. The lowest BCUT2D eigenvalue weighted by atomic mass is 9.85. The SMILES string of the molecule is C=C[C@@H]1CC1(NC(=O)C1CC2CN1C(=O)[C@H](C(C)(C)C)NC(=O)NCCCCOc1ccc3c(c1)/C(=N\O2)c1ccccc1-3)C(=O)NS(=O)(=O)C1CC1. The van der Waals surface area contributed by atoms with E-state index in [-0.39, 0.29) is 19.4 Å². The molecule has 2 aromatic carbocycles. The van der Waals surface area contributed by atoms with Gasteiger partial charge in [-0.05, 0) is 66.8 Å². The lowest BCUT2D eigenvalue weighted by Crippen LogP contribution is -2.61. The molecule has 7 rings (SSSR count). The molecule has 3 aliphatic carbocycles. The smallest absolute Gasteiger partial charge is 0.315 e. The molecule has 0 spiro atoms. The van der Waals surface area contributed by atoms with E-state index in [0.717, 1.165) is 22.3 Å². The van der Waals surface area contributed by atoms with Crippen LogP contribution in [0.1, 0.15) is 70.4 Å². The Balaban J connectivity index is 1.21. The van der Waals surface area contributed by atoms with E-state index < -0.39 is 74.1 Å². The maximum atomic E-state index is 14.5. The minimum absolute atomic E-state index is 0.0197. The van der Waals surface area contributed by atoms with Gasteiger partial charge >= 0.3 is 6.03 Å². The maximum absolute atomic E-state index is 14.5. The van der Waals surface area contributed by atoms with Gasteiger partial charge in [0.2, 0.25) is 21.8 Å². The fraction of sp³-hybridized carbons (Fsp3) is 0.500. The quantitative estimate of drug-likeness (QED) is 0.278. The average molecular weight is 747 g/mol. The third-order valence-corrected chi connectivity index (χ3v) is 12.4. The molecular weight excluding hydrogens is 701 g/mol. The van der Waals surface area contributed by atoms with Crippen LogP contribution >= 0.6 is 0 Å². The van der Waals surface area contributed by atoms with E-state index in [1.165, 1.54) is 11.0 Å². The fourth-order valence-electron chi connectivity index (χ4n) is 7.34. The predicted molar refractivity (Wildman–Crippen MR) is 196 cm³/mol. The number of urea groups is 1. The summed E-state index contributed by atoms with van der Waals surface area (Å²) in [5.74, 6) is -1.85. The number of benzene rings is 2. The van der Waals surface area contributed by atoms with Gasteiger partial charge in [-0.3, -0.25) is 19.1 Å². The molecule has 0 aromatic heterocycles. The zero-order chi connectivity index (χ0) is 37.7. The molecule has 15 heteroatoms. The monoisotopic (exact) mass is 746 g/mol. The Morgan fingerprint density at radius 3 is 2.49 bits per heavy atom. The Kier molecular flexibility index (Phi) is 9.49. The summed E-state index contributed by atoms with van der Waals surface area (Å²) in [6.07, 6.45) is 3.17. The van der Waals surface area contributed by atoms with Gasteiger partial charge < -0.3 is 30.4 Å². The Labute approximate surface area is 309 Å². The Hall–Kier alpha value is -4.92. The van der Waals surface area contributed by atoms with Crippen molar-refractivity contribution in [1.82, 2.24) is 25.6 Å². The van der Waals surface area contributed by atoms with E-state index in [4.69, 9.17) is 9.57 Å². The number of hydrogen-bond donors (Lipinski definition) is 4. The molecule has 2 saturated carbocycles. The van der Waals surface area contributed by atoms with Gasteiger partial charge in [0.05, 0.1) is 18.4 Å². The van der Waals surface area contributed by atoms with E-state index in [0.29, 0.717) is 50.3 Å². The third-order valence-electron chi connectivity index (χ3n) is 10.6. The first kappa shape index (κ1) is 36.4. The minimum Gasteiger partial charge on any atom is -0.494 e. The van der Waals surface area contributed by atoms with Crippen molar-refractivity contribution in [2.75, 3.05) is 19.7 Å². The summed E-state index contributed by atoms with van der Waals surface area (Å²) >= 11 is 0. The molecule has 5 atom stereocenters. The first-order valence-corrected chi connectivity index (χ1v) is 19.7. The van der Waals surface area contributed by atoms with E-state index in [1.807, 2.05) is 63.2 Å². The molecule has 14 nitrogen and oxygen atoms in total. The van der Waals surface area contributed by atoms with Gasteiger partial charge in [-0.2, -0.15) is 0 Å². The molecule has 53 heavy (non-hydrogen) atoms. The predicted octanol–water partition coefficient (Wildman–Crippen LogP) is 2.96. The Morgan fingerprint density at radius 1 is 1.06 bits per heavy atom. The molecule has 3 unspecified atom stereocenters. The number of fused-ring (bicyclic) bond motifs is 6. The van der Waals surface area contributed by atoms with Gasteiger partial charge in [0.25, 0.3) is 5.91 Å². The van der Waals surface area contributed by atoms with Crippen LogP contribution in [0.15, 0.2) is 60.3 Å². The van der Waals surface area contributed by atoms with Crippen molar-refractivity contribution < 1.29 is 37.2 Å². The molecule has 282 valence electrons. The van der Waals surface area contributed by atoms with Crippen LogP contribution in [0.2, 0.25) is 0 Å². The number of carbonyl (C=O) groups excluding carboxylic acids is 4. The van der Waals surface area contributed by atoms with Crippen LogP contribution in [0.4, 0.5) is 4.79 Å². The number of carbonyl (C=O) groups is 4. The second kappa shape index (κ2) is 13.8. The van der Waals surface area contributed by atoms with Crippen LogP contribution in [0.3, 0.4) is 0 Å². The molecule has 2 heterocycles. The summed E-state index contributed by atoms with van der Waals surface area (Å²) in [6.45, 7) is 9.97. The van der Waals surface area contributed by atoms with Gasteiger partial charge in [0, 0.05) is 30.0 Å². The topological polar surface area (TPSA) is 185 Å². The van der Waals surface area contributed by atoms with Crippen LogP contribution in [-0.2, 0) is 29.2 Å². The number of amides is 5. The van der Waals surface area contributed by atoms with E-state index in [9.17, 15) is 27.6 Å². The second-order valence-corrected chi connectivity index (χ2v) is 17.6. The van der Waals surface area contributed by atoms with Gasteiger partial charge in [0.15, 0.2) is 0 Å². The summed E-state index contributed by atoms with van der Waals surface area (Å²) in [5.41, 5.74) is 1.93. The zero-order valence-corrected chi connectivity index (χ0v) is 31.0. The van der Waals surface area contributed by atoms with Crippen LogP contribution in [0, 0.1) is 11.3 Å². The highest BCUT2D eigenvalue weighted by molar-refractivity contribution is 7.91. The molecule has 4 bridgehead atoms. The van der Waals surface area contributed by atoms with Crippen molar-refractivity contribution in [3.05, 3.63) is 66.2 Å². The lowest BCUT2D eigenvalue weighted by Gasteiger charge is -2.35. The van der Waals surface area contributed by atoms with Gasteiger partial charge in [0.1, 0.15) is 35.2 Å². The van der Waals surface area contributed by atoms with Crippen molar-refractivity contribution in [3.8, 4) is 16.9 Å². The van der Waals surface area contributed by atoms with E-state index in [1.54, 1.807) is 0 Å². The molecule has 5 aliphatic rings. The van der Waals surface area contributed by atoms with Crippen molar-refractivity contribution in [2.24, 2.45) is 16.5 Å². The van der Waals surface area contributed by atoms with Crippen molar-refractivity contribution in [2.45, 2.75) is 88.3 Å². The van der Waals surface area contributed by atoms with E-state index >= 15 is 0 Å². The molecule has 0 radical (unpaired) electrons. The zero-order valence-electron chi connectivity index (χ0n) is 30.1. The number of ether oxygens (including phenoxy) is 1. The highest BCUT2D eigenvalue weighted by atomic mass is 32.2. The number of hydrogen-bond acceptors (Lipinski definition) is 9. The first-order valence-electron chi connectivity index (χ1n) is 18.2. The number of sulfonamides is 1. The highest BCUT2D eigenvalue weighted by Crippen LogP contribution is 2.46. The molecule has 2 aliphatic heterocycles. The van der Waals surface area contributed by atoms with Crippen LogP contribution in [-0.4, -0.2) is 91.5 Å². The van der Waals surface area contributed by atoms with Crippen LogP contribution < -0.4 is 25.4 Å². The summed E-state index contributed by atoms with van der Waals surface area (Å²) in [5, 5.41) is 12.4. The van der Waals surface area contributed by atoms with Gasteiger partial charge in [-0.1, -0.05) is 56.3 Å². The standard InChI is InChI=1S/C38H46N6O8S/c1-5-22-20-38(22,35(47)43-53(49,50)25-13-14-25)41-33(45)30-19-24-21-44(30)34(46)32(37(2,3)4)40-36(48)39-16-8-9-17-51-23-12-15-27-26-10-6-7-11-28(26)31(42-52-24)29(27)18-23/h5-7,10-12,15,18,22,24-25,30,32H,1,8-9,13-14,16-17,19-21H2,2-4H3,(H,41,45)(H,43,47)(H2,39,40,48)/b42-31-/t22-,24?,30?,32-,38?/m1/s1. The molecule has 4 N–H and O–H groups in total. The summed E-state index contributed by atoms with van der Waals surface area (Å²) in [4.78, 5) is 62.9. The van der Waals surface area contributed by atoms with Gasteiger partial charge in [-0.15, -0.1) is 6.58 Å². The number of nitrogens with one attached hydrogen (secondary N) is 4. The largest absolute Gasteiger partial charge is 0.494 e. The number of oxime groups is 1. The first-order chi connectivity index (χ1) is 25.2. The second-order valence-electron chi connectivity index (χ2n) is 15.6. The normalized spacial score (nSPS) is 28.2. The number of nitrogens with zero attached hydrogens (tertiary/aromatic N) is 2. The highest BCUT2D eigenvalue weighted by Gasteiger charge is 2.62. The van der Waals surface area contributed by atoms with Crippen LogP contribution in [0.25, 0.3) is 11.1 Å². The van der Waals surface area contributed by atoms with Crippen molar-refractivity contribution in [1.29, 1.82) is 0 Å². The van der Waals surface area contributed by atoms with Crippen LogP contribution in [0.5, 0.6) is 5.75 Å². The third kappa shape index (κ3) is 7.22. The van der Waals surface area contributed by atoms with Crippen molar-refractivity contribution in [3.63, 3.8) is 0 Å². The average Bonchev–Trinajstić information content (AvgIpc) is 4.03. The molecule has 2 aromatic rings. The number of rotatable bonds is 6. The Bertz CT molecular complexity index is 1990. The molecule has 1 saturated heterocycles. The Morgan fingerprint density at radius 2 is 1.79 bits per heavy atom.